The van der Waals surface area contributed by atoms with Crippen LogP contribution in [0.1, 0.15) is 0 Å². The molecule has 0 spiro atoms. The fraction of sp³-hybridized carbons (Fsp3) is 0.385. The van der Waals surface area contributed by atoms with Crippen molar-refractivity contribution in [1.82, 2.24) is 10.6 Å². The molecule has 1 aliphatic rings. The minimum Gasteiger partial charge on any atom is -0.378 e. The molecule has 1 saturated heterocycles. The van der Waals surface area contributed by atoms with E-state index in [1.807, 2.05) is 5.32 Å². The minimum absolute atomic E-state index is 0. The van der Waals surface area contributed by atoms with Crippen molar-refractivity contribution < 1.29 is 27.5 Å². The van der Waals surface area contributed by atoms with Gasteiger partial charge in [-0.25, -0.2) is 13.2 Å². The van der Waals surface area contributed by atoms with Gasteiger partial charge in [0, 0.05) is 6.54 Å². The summed E-state index contributed by atoms with van der Waals surface area (Å²) in [5.74, 6) is -5.74. The standard InChI is InChI=1S/C13H14F3N3O3.ClH/c14-7-1-2-8(12(16)11(7)15)19-10(20)5-18-13(21)9-6-22-4-3-17-9;/h1-2,9,17H,3-6H2,(H,18,21)(H,19,20);1H. The number of hydrogen-bond acceptors (Lipinski definition) is 4. The number of nitrogens with one attached hydrogen (secondary N) is 3. The Morgan fingerprint density at radius 1 is 1.26 bits per heavy atom. The molecule has 1 unspecified atom stereocenters. The Bertz CT molecular complexity index is 583. The lowest BCUT2D eigenvalue weighted by atomic mass is 10.2. The SMILES string of the molecule is Cl.O=C(CNC(=O)C1COCCN1)Nc1ccc(F)c(F)c1F. The van der Waals surface area contributed by atoms with Crippen molar-refractivity contribution in [2.45, 2.75) is 6.04 Å². The molecule has 1 aliphatic heterocycles. The number of benzene rings is 1. The van der Waals surface area contributed by atoms with E-state index < -0.39 is 47.5 Å². The van der Waals surface area contributed by atoms with Gasteiger partial charge >= 0.3 is 0 Å². The van der Waals surface area contributed by atoms with Crippen molar-refractivity contribution in [3.05, 3.63) is 29.6 Å². The Morgan fingerprint density at radius 3 is 2.65 bits per heavy atom. The van der Waals surface area contributed by atoms with Crippen LogP contribution in [0.4, 0.5) is 18.9 Å². The molecule has 0 aliphatic carbocycles. The van der Waals surface area contributed by atoms with E-state index in [4.69, 9.17) is 4.74 Å². The van der Waals surface area contributed by atoms with E-state index in [1.165, 1.54) is 0 Å². The Hall–Kier alpha value is -1.84. The van der Waals surface area contributed by atoms with Gasteiger partial charge < -0.3 is 20.7 Å². The molecule has 2 rings (SSSR count). The molecule has 0 bridgehead atoms. The van der Waals surface area contributed by atoms with E-state index in [-0.39, 0.29) is 19.0 Å². The fourth-order valence-electron chi connectivity index (χ4n) is 1.84. The topological polar surface area (TPSA) is 79.5 Å². The summed E-state index contributed by atoms with van der Waals surface area (Å²) in [6, 6.07) is 1.02. The molecule has 1 heterocycles. The maximum Gasteiger partial charge on any atom is 0.243 e. The molecule has 1 aromatic rings. The van der Waals surface area contributed by atoms with Crippen LogP contribution in [0.25, 0.3) is 0 Å². The molecule has 3 N–H and O–H groups in total. The van der Waals surface area contributed by atoms with E-state index >= 15 is 0 Å². The van der Waals surface area contributed by atoms with Crippen LogP contribution in [0.2, 0.25) is 0 Å². The molecule has 0 radical (unpaired) electrons. The molecule has 128 valence electrons. The van der Waals surface area contributed by atoms with Crippen LogP contribution in [0.5, 0.6) is 0 Å². The third-order valence-corrected chi connectivity index (χ3v) is 2.97. The summed E-state index contributed by atoms with van der Waals surface area (Å²) >= 11 is 0. The molecule has 2 amide bonds. The van der Waals surface area contributed by atoms with Crippen LogP contribution < -0.4 is 16.0 Å². The van der Waals surface area contributed by atoms with E-state index in [0.29, 0.717) is 19.2 Å². The maximum atomic E-state index is 13.4. The number of carbonyl (C=O) groups is 2. The molecule has 0 aromatic heterocycles. The number of halogens is 4. The van der Waals surface area contributed by atoms with Gasteiger partial charge in [-0.05, 0) is 12.1 Å². The second-order valence-electron chi connectivity index (χ2n) is 4.57. The average Bonchev–Trinajstić information content (AvgIpc) is 2.54. The predicted molar refractivity (Wildman–Crippen MR) is 77.8 cm³/mol. The molecule has 10 heteroatoms. The monoisotopic (exact) mass is 353 g/mol. The first-order chi connectivity index (χ1) is 10.5. The average molecular weight is 354 g/mol. The van der Waals surface area contributed by atoms with Crippen molar-refractivity contribution in [3.8, 4) is 0 Å². The van der Waals surface area contributed by atoms with Crippen molar-refractivity contribution in [2.24, 2.45) is 0 Å². The maximum absolute atomic E-state index is 13.4. The smallest absolute Gasteiger partial charge is 0.243 e. The third kappa shape index (κ3) is 5.08. The molecule has 0 saturated carbocycles. The number of amides is 2. The zero-order chi connectivity index (χ0) is 16.1. The Balaban J connectivity index is 0.00000264. The van der Waals surface area contributed by atoms with Crippen molar-refractivity contribution in [1.29, 1.82) is 0 Å². The Morgan fingerprint density at radius 2 is 2.00 bits per heavy atom. The van der Waals surface area contributed by atoms with Crippen molar-refractivity contribution in [2.75, 3.05) is 31.6 Å². The molecular formula is C13H15ClF3N3O3. The summed E-state index contributed by atoms with van der Waals surface area (Å²) in [7, 11) is 0. The summed E-state index contributed by atoms with van der Waals surface area (Å²) in [4.78, 5) is 23.3. The van der Waals surface area contributed by atoms with Gasteiger partial charge in [-0.2, -0.15) is 0 Å². The van der Waals surface area contributed by atoms with Crippen molar-refractivity contribution >= 4 is 29.9 Å². The van der Waals surface area contributed by atoms with Crippen LogP contribution in [-0.4, -0.2) is 44.2 Å². The van der Waals surface area contributed by atoms with Gasteiger partial charge in [-0.1, -0.05) is 0 Å². The van der Waals surface area contributed by atoms with E-state index in [2.05, 4.69) is 10.6 Å². The van der Waals surface area contributed by atoms with Crippen LogP contribution >= 0.6 is 12.4 Å². The van der Waals surface area contributed by atoms with Crippen LogP contribution in [0, 0.1) is 17.5 Å². The lowest BCUT2D eigenvalue weighted by Crippen LogP contribution is -2.52. The van der Waals surface area contributed by atoms with E-state index in [0.717, 1.165) is 6.07 Å². The fourth-order valence-corrected chi connectivity index (χ4v) is 1.84. The summed E-state index contributed by atoms with van der Waals surface area (Å²) < 4.78 is 44.2. The lowest BCUT2D eigenvalue weighted by molar-refractivity contribution is -0.128. The van der Waals surface area contributed by atoms with Gasteiger partial charge in [0.1, 0.15) is 6.04 Å². The quantitative estimate of drug-likeness (QED) is 0.691. The highest BCUT2D eigenvalue weighted by atomic mass is 35.5. The molecule has 6 nitrogen and oxygen atoms in total. The molecule has 1 atom stereocenters. The largest absolute Gasteiger partial charge is 0.378 e. The molecule has 23 heavy (non-hydrogen) atoms. The predicted octanol–water partition coefficient (Wildman–Crippen LogP) is 0.569. The summed E-state index contributed by atoms with van der Waals surface area (Å²) in [6.45, 7) is 0.769. The second kappa shape index (κ2) is 8.70. The molecule has 1 fully saturated rings. The summed E-state index contributed by atoms with van der Waals surface area (Å²) in [5.41, 5.74) is -0.503. The highest BCUT2D eigenvalue weighted by Crippen LogP contribution is 2.19. The van der Waals surface area contributed by atoms with Gasteiger partial charge in [-0.3, -0.25) is 9.59 Å². The number of carbonyl (C=O) groups excluding carboxylic acids is 2. The normalized spacial score (nSPS) is 17.1. The zero-order valence-electron chi connectivity index (χ0n) is 11.8. The summed E-state index contributed by atoms with van der Waals surface area (Å²) in [5, 5.41) is 7.28. The first kappa shape index (κ1) is 19.2. The van der Waals surface area contributed by atoms with Crippen LogP contribution in [0.3, 0.4) is 0 Å². The number of morpholine rings is 1. The van der Waals surface area contributed by atoms with Gasteiger partial charge in [0.15, 0.2) is 17.5 Å². The lowest BCUT2D eigenvalue weighted by Gasteiger charge is -2.22. The molecular weight excluding hydrogens is 339 g/mol. The van der Waals surface area contributed by atoms with Gasteiger partial charge in [0.05, 0.1) is 25.4 Å². The van der Waals surface area contributed by atoms with Gasteiger partial charge in [0.2, 0.25) is 11.8 Å². The van der Waals surface area contributed by atoms with E-state index in [9.17, 15) is 22.8 Å². The Kier molecular flexibility index (Phi) is 7.27. The van der Waals surface area contributed by atoms with Crippen LogP contribution in [-0.2, 0) is 14.3 Å². The first-order valence-corrected chi connectivity index (χ1v) is 6.51. The minimum atomic E-state index is -1.68. The number of anilines is 1. The van der Waals surface area contributed by atoms with Crippen molar-refractivity contribution in [3.63, 3.8) is 0 Å². The number of ether oxygens (including phenoxy) is 1. The zero-order valence-corrected chi connectivity index (χ0v) is 12.6. The number of rotatable bonds is 4. The highest BCUT2D eigenvalue weighted by molar-refractivity contribution is 5.95. The van der Waals surface area contributed by atoms with E-state index in [1.54, 1.807) is 0 Å². The summed E-state index contributed by atoms with van der Waals surface area (Å²) in [6.07, 6.45) is 0. The van der Waals surface area contributed by atoms with Gasteiger partial charge in [0.25, 0.3) is 0 Å². The van der Waals surface area contributed by atoms with Crippen LogP contribution in [0.15, 0.2) is 12.1 Å². The highest BCUT2D eigenvalue weighted by Gasteiger charge is 2.21. The third-order valence-electron chi connectivity index (χ3n) is 2.97. The van der Waals surface area contributed by atoms with Gasteiger partial charge in [-0.15, -0.1) is 12.4 Å². The second-order valence-corrected chi connectivity index (χ2v) is 4.57. The number of hydrogen-bond donors (Lipinski definition) is 3. The first-order valence-electron chi connectivity index (χ1n) is 6.51. The molecule has 1 aromatic carbocycles. The Labute approximate surface area is 136 Å².